The molecule has 0 spiro atoms. The van der Waals surface area contributed by atoms with Crippen molar-refractivity contribution in [1.29, 1.82) is 0 Å². The third-order valence-electron chi connectivity index (χ3n) is 6.09. The zero-order valence-electron chi connectivity index (χ0n) is 21.8. The fourth-order valence-electron chi connectivity index (χ4n) is 4.19. The molecule has 36 heavy (non-hydrogen) atoms. The summed E-state index contributed by atoms with van der Waals surface area (Å²) in [6, 6.07) is 15.0. The quantitative estimate of drug-likeness (QED) is 0.480. The van der Waals surface area contributed by atoms with Crippen molar-refractivity contribution < 1.29 is 14.3 Å². The van der Waals surface area contributed by atoms with E-state index in [2.05, 4.69) is 37.9 Å². The largest absolute Gasteiger partial charge is 0.497 e. The summed E-state index contributed by atoms with van der Waals surface area (Å²) in [5.74, 6) is 0.219. The van der Waals surface area contributed by atoms with Gasteiger partial charge in [0, 0.05) is 0 Å². The number of allylic oxidation sites excluding steroid dienone is 1. The number of thiazole rings is 1. The predicted molar refractivity (Wildman–Crippen MR) is 143 cm³/mol. The van der Waals surface area contributed by atoms with E-state index in [0.29, 0.717) is 26.4 Å². The number of hydrogen-bond donors (Lipinski definition) is 0. The monoisotopic (exact) mass is 504 g/mol. The van der Waals surface area contributed by atoms with Crippen LogP contribution in [-0.2, 0) is 14.9 Å². The molecule has 1 aromatic heterocycles. The Morgan fingerprint density at radius 1 is 1.08 bits per heavy atom. The van der Waals surface area contributed by atoms with E-state index >= 15 is 0 Å². The summed E-state index contributed by atoms with van der Waals surface area (Å²) in [5.41, 5.74) is 3.71. The van der Waals surface area contributed by atoms with E-state index in [4.69, 9.17) is 9.47 Å². The molecular weight excluding hydrogens is 472 g/mol. The van der Waals surface area contributed by atoms with Gasteiger partial charge < -0.3 is 9.47 Å². The highest BCUT2D eigenvalue weighted by molar-refractivity contribution is 7.07. The van der Waals surface area contributed by atoms with Crippen LogP contribution in [0.1, 0.15) is 64.3 Å². The predicted octanol–water partition coefficient (Wildman–Crippen LogP) is 4.49. The molecule has 3 aromatic rings. The molecule has 6 nitrogen and oxygen atoms in total. The second kappa shape index (κ2) is 9.90. The van der Waals surface area contributed by atoms with Crippen LogP contribution in [0.15, 0.2) is 69.6 Å². The summed E-state index contributed by atoms with van der Waals surface area (Å²) >= 11 is 1.32. The maximum Gasteiger partial charge on any atom is 0.338 e. The molecule has 0 unspecified atom stereocenters. The summed E-state index contributed by atoms with van der Waals surface area (Å²) < 4.78 is 13.0. The van der Waals surface area contributed by atoms with E-state index < -0.39 is 12.0 Å². The average Bonchev–Trinajstić information content (AvgIpc) is 3.12. The van der Waals surface area contributed by atoms with Gasteiger partial charge in [0.25, 0.3) is 5.56 Å². The van der Waals surface area contributed by atoms with E-state index in [1.165, 1.54) is 16.9 Å². The lowest BCUT2D eigenvalue weighted by atomic mass is 9.87. The molecule has 2 aromatic carbocycles. The Hall–Kier alpha value is -3.45. The normalized spacial score (nSPS) is 16.1. The first-order chi connectivity index (χ1) is 17.0. The van der Waals surface area contributed by atoms with Gasteiger partial charge in [0.1, 0.15) is 5.75 Å². The highest BCUT2D eigenvalue weighted by Crippen LogP contribution is 2.32. The first kappa shape index (κ1) is 25.6. The van der Waals surface area contributed by atoms with Crippen molar-refractivity contribution in [2.24, 2.45) is 4.99 Å². The molecule has 1 atom stereocenters. The maximum absolute atomic E-state index is 13.7. The van der Waals surface area contributed by atoms with Crippen molar-refractivity contribution >= 4 is 23.4 Å². The second-order valence-corrected chi connectivity index (χ2v) is 11.2. The van der Waals surface area contributed by atoms with Gasteiger partial charge in [-0.1, -0.05) is 68.5 Å². The number of aromatic nitrogens is 1. The Morgan fingerprint density at radius 3 is 2.28 bits per heavy atom. The summed E-state index contributed by atoms with van der Waals surface area (Å²) in [5, 5.41) is 0. The van der Waals surface area contributed by atoms with Gasteiger partial charge in [-0.3, -0.25) is 9.36 Å². The Labute approximate surface area is 215 Å². The van der Waals surface area contributed by atoms with Gasteiger partial charge in [-0.05, 0) is 61.1 Å². The topological polar surface area (TPSA) is 69.9 Å². The minimum Gasteiger partial charge on any atom is -0.497 e. The van der Waals surface area contributed by atoms with E-state index in [1.54, 1.807) is 32.4 Å². The second-order valence-electron chi connectivity index (χ2n) is 10.2. The van der Waals surface area contributed by atoms with Crippen LogP contribution in [0.25, 0.3) is 6.08 Å². The number of fused-ring (bicyclic) bond motifs is 1. The van der Waals surface area contributed by atoms with E-state index in [9.17, 15) is 9.59 Å². The van der Waals surface area contributed by atoms with E-state index in [-0.39, 0.29) is 17.1 Å². The number of hydrogen-bond acceptors (Lipinski definition) is 6. The Morgan fingerprint density at radius 2 is 1.72 bits per heavy atom. The molecule has 0 N–H and O–H groups in total. The van der Waals surface area contributed by atoms with Crippen molar-refractivity contribution in [2.75, 3.05) is 7.11 Å². The molecule has 0 saturated carbocycles. The Bertz CT molecular complexity index is 1490. The van der Waals surface area contributed by atoms with Crippen LogP contribution in [0.3, 0.4) is 0 Å². The number of methoxy groups -OCH3 is 1. The third kappa shape index (κ3) is 5.07. The fraction of sp³-hybridized carbons (Fsp3) is 0.345. The highest BCUT2D eigenvalue weighted by Gasteiger charge is 2.33. The molecule has 4 rings (SSSR count). The Kier molecular flexibility index (Phi) is 7.05. The number of carbonyl (C=O) groups excluding carboxylic acids is 1. The molecule has 1 aliphatic heterocycles. The smallest absolute Gasteiger partial charge is 0.338 e. The lowest BCUT2D eigenvalue weighted by molar-refractivity contribution is -0.143. The van der Waals surface area contributed by atoms with Crippen LogP contribution in [-0.4, -0.2) is 23.8 Å². The zero-order chi connectivity index (χ0) is 26.2. The summed E-state index contributed by atoms with van der Waals surface area (Å²) in [6.07, 6.45) is 1.59. The van der Waals surface area contributed by atoms with E-state index in [0.717, 1.165) is 11.1 Å². The van der Waals surface area contributed by atoms with Crippen molar-refractivity contribution in [3.05, 3.63) is 96.2 Å². The molecule has 0 amide bonds. The highest BCUT2D eigenvalue weighted by atomic mass is 32.1. The van der Waals surface area contributed by atoms with Gasteiger partial charge in [0.15, 0.2) is 4.80 Å². The van der Waals surface area contributed by atoms with Crippen molar-refractivity contribution in [3.63, 3.8) is 0 Å². The van der Waals surface area contributed by atoms with Crippen LogP contribution in [0.5, 0.6) is 5.75 Å². The average molecular weight is 505 g/mol. The van der Waals surface area contributed by atoms with Crippen molar-refractivity contribution in [2.45, 2.75) is 59.1 Å². The van der Waals surface area contributed by atoms with Gasteiger partial charge >= 0.3 is 5.97 Å². The molecule has 188 valence electrons. The Balaban J connectivity index is 1.88. The third-order valence-corrected chi connectivity index (χ3v) is 7.07. The molecule has 0 bridgehead atoms. The zero-order valence-corrected chi connectivity index (χ0v) is 22.6. The lowest BCUT2D eigenvalue weighted by Crippen LogP contribution is -2.40. The SMILES string of the molecule is COc1ccc([C@@H]2C(C(=O)OC(C)C)=C(C)N=c3s/c(=C\c4ccc(C(C)(C)C)cc4)c(=O)n32)cc1. The maximum atomic E-state index is 13.7. The number of esters is 1. The number of benzene rings is 2. The molecule has 0 aliphatic carbocycles. The molecule has 1 aliphatic rings. The minimum atomic E-state index is -0.649. The number of nitrogens with zero attached hydrogens (tertiary/aromatic N) is 2. The summed E-state index contributed by atoms with van der Waals surface area (Å²) in [4.78, 5) is 32.1. The van der Waals surface area contributed by atoms with E-state index in [1.807, 2.05) is 42.5 Å². The fourth-order valence-corrected chi connectivity index (χ4v) is 5.24. The number of ether oxygens (including phenoxy) is 2. The molecule has 0 fully saturated rings. The van der Waals surface area contributed by atoms with Crippen LogP contribution < -0.4 is 19.6 Å². The van der Waals surface area contributed by atoms with Crippen LogP contribution in [0.4, 0.5) is 0 Å². The summed E-state index contributed by atoms with van der Waals surface area (Å²) in [7, 11) is 1.60. The summed E-state index contributed by atoms with van der Waals surface area (Å²) in [6.45, 7) is 11.9. The van der Waals surface area contributed by atoms with Crippen molar-refractivity contribution in [1.82, 2.24) is 4.57 Å². The van der Waals surface area contributed by atoms with Crippen molar-refractivity contribution in [3.8, 4) is 5.75 Å². The standard InChI is InChI=1S/C29H32N2O4S/c1-17(2)35-27(33)24-18(3)30-28-31(25(24)20-10-14-22(34-7)15-11-20)26(32)23(36-28)16-19-8-12-21(13-9-19)29(4,5)6/h8-17,25H,1-7H3/b23-16-/t25-/m1/s1. The first-order valence-electron chi connectivity index (χ1n) is 12.0. The van der Waals surface area contributed by atoms with Crippen LogP contribution >= 0.6 is 11.3 Å². The molecule has 0 saturated heterocycles. The van der Waals surface area contributed by atoms with Crippen LogP contribution in [0, 0.1) is 0 Å². The van der Waals surface area contributed by atoms with Gasteiger partial charge in [0.05, 0.1) is 35.1 Å². The lowest BCUT2D eigenvalue weighted by Gasteiger charge is -2.25. The number of carbonyl (C=O) groups is 1. The molecule has 2 heterocycles. The minimum absolute atomic E-state index is 0.0504. The molecule has 7 heteroatoms. The molecule has 0 radical (unpaired) electrons. The van der Waals surface area contributed by atoms with Gasteiger partial charge in [-0.25, -0.2) is 9.79 Å². The van der Waals surface area contributed by atoms with Gasteiger partial charge in [-0.2, -0.15) is 0 Å². The molecular formula is C29H32N2O4S. The van der Waals surface area contributed by atoms with Crippen LogP contribution in [0.2, 0.25) is 0 Å². The van der Waals surface area contributed by atoms with Gasteiger partial charge in [-0.15, -0.1) is 0 Å². The van der Waals surface area contributed by atoms with Gasteiger partial charge in [0.2, 0.25) is 0 Å². The first-order valence-corrected chi connectivity index (χ1v) is 12.8. The number of rotatable bonds is 5.